The molecule has 0 aliphatic carbocycles. The van der Waals surface area contributed by atoms with Gasteiger partial charge < -0.3 is 4.74 Å². The average molecular weight is 341 g/mol. The summed E-state index contributed by atoms with van der Waals surface area (Å²) in [4.78, 5) is 11.2. The Labute approximate surface area is 144 Å². The first-order valence-electron chi connectivity index (χ1n) is 7.97. The van der Waals surface area contributed by atoms with Gasteiger partial charge in [-0.05, 0) is 19.1 Å². The monoisotopic (exact) mass is 341 g/mol. The Balaban J connectivity index is 1.46. The van der Waals surface area contributed by atoms with Gasteiger partial charge in [-0.2, -0.15) is 5.10 Å². The fraction of sp³-hybridized carbons (Fsp3) is 0.353. The van der Waals surface area contributed by atoms with Crippen LogP contribution in [0, 0.1) is 6.92 Å². The number of aromatic nitrogens is 4. The lowest BCUT2D eigenvalue weighted by atomic mass is 10.2. The molecule has 0 aromatic carbocycles. The normalized spacial score (nSPS) is 17.6. The predicted molar refractivity (Wildman–Crippen MR) is 92.0 cm³/mol. The molecule has 124 valence electrons. The molecule has 0 spiro atoms. The Morgan fingerprint density at radius 1 is 1.29 bits per heavy atom. The third kappa shape index (κ3) is 3.32. The summed E-state index contributed by atoms with van der Waals surface area (Å²) in [6, 6.07) is 7.94. The van der Waals surface area contributed by atoms with Gasteiger partial charge in [0.1, 0.15) is 6.61 Å². The molecule has 7 heteroatoms. The van der Waals surface area contributed by atoms with Gasteiger partial charge >= 0.3 is 0 Å². The summed E-state index contributed by atoms with van der Waals surface area (Å²) in [6.07, 6.45) is 3.60. The number of nitrogens with zero attached hydrogens (tertiary/aromatic N) is 5. The van der Waals surface area contributed by atoms with Crippen molar-refractivity contribution in [2.24, 2.45) is 0 Å². The third-order valence-electron chi connectivity index (χ3n) is 4.07. The standard InChI is InChI=1S/C17H19N5OS/c1-13-20-14(12-24-13)8-21-9-15-5-7-19-22(15)16(10-21)11-23-17-4-2-3-6-18-17/h2-7,12,16H,8-11H2,1H3. The molecule has 1 atom stereocenters. The third-order valence-corrected chi connectivity index (χ3v) is 4.89. The van der Waals surface area contributed by atoms with Crippen LogP contribution in [-0.4, -0.2) is 37.8 Å². The molecule has 1 aliphatic rings. The average Bonchev–Trinajstić information content (AvgIpc) is 3.22. The second-order valence-electron chi connectivity index (χ2n) is 5.93. The van der Waals surface area contributed by atoms with Crippen molar-refractivity contribution >= 4 is 11.3 Å². The molecule has 4 rings (SSSR count). The molecule has 0 radical (unpaired) electrons. The molecule has 3 aromatic rings. The lowest BCUT2D eigenvalue weighted by molar-refractivity contribution is 0.124. The van der Waals surface area contributed by atoms with Crippen LogP contribution in [0.2, 0.25) is 0 Å². The highest BCUT2D eigenvalue weighted by Gasteiger charge is 2.26. The molecule has 1 aliphatic heterocycles. The summed E-state index contributed by atoms with van der Waals surface area (Å²) in [6.45, 7) is 5.23. The molecule has 4 heterocycles. The van der Waals surface area contributed by atoms with Crippen molar-refractivity contribution in [2.75, 3.05) is 13.2 Å². The largest absolute Gasteiger partial charge is 0.475 e. The van der Waals surface area contributed by atoms with Crippen LogP contribution in [0.25, 0.3) is 0 Å². The molecule has 0 bridgehead atoms. The number of rotatable bonds is 5. The summed E-state index contributed by atoms with van der Waals surface area (Å²) in [5.41, 5.74) is 2.35. The Kier molecular flexibility index (Phi) is 4.27. The first-order valence-corrected chi connectivity index (χ1v) is 8.85. The van der Waals surface area contributed by atoms with Gasteiger partial charge in [-0.25, -0.2) is 9.97 Å². The van der Waals surface area contributed by atoms with Gasteiger partial charge in [0.05, 0.1) is 22.4 Å². The zero-order valence-corrected chi connectivity index (χ0v) is 14.3. The smallest absolute Gasteiger partial charge is 0.213 e. The quantitative estimate of drug-likeness (QED) is 0.714. The van der Waals surface area contributed by atoms with Crippen LogP contribution in [0.1, 0.15) is 22.4 Å². The van der Waals surface area contributed by atoms with Crippen LogP contribution in [0.4, 0.5) is 0 Å². The predicted octanol–water partition coefficient (Wildman–Crippen LogP) is 2.68. The van der Waals surface area contributed by atoms with Crippen molar-refractivity contribution < 1.29 is 4.74 Å². The van der Waals surface area contributed by atoms with E-state index in [0.29, 0.717) is 12.5 Å². The summed E-state index contributed by atoms with van der Waals surface area (Å²) in [5.74, 6) is 0.651. The van der Waals surface area contributed by atoms with E-state index in [1.807, 2.05) is 31.3 Å². The van der Waals surface area contributed by atoms with Gasteiger partial charge in [-0.3, -0.25) is 9.58 Å². The fourth-order valence-electron chi connectivity index (χ4n) is 3.03. The Morgan fingerprint density at radius 2 is 2.25 bits per heavy atom. The van der Waals surface area contributed by atoms with Crippen molar-refractivity contribution in [3.8, 4) is 5.88 Å². The number of ether oxygens (including phenoxy) is 1. The molecule has 24 heavy (non-hydrogen) atoms. The summed E-state index contributed by atoms with van der Waals surface area (Å²) < 4.78 is 7.94. The maximum atomic E-state index is 5.86. The highest BCUT2D eigenvalue weighted by molar-refractivity contribution is 7.09. The minimum Gasteiger partial charge on any atom is -0.475 e. The van der Waals surface area contributed by atoms with E-state index in [1.54, 1.807) is 17.5 Å². The molecule has 0 N–H and O–H groups in total. The Hall–Kier alpha value is -2.25. The van der Waals surface area contributed by atoms with E-state index in [1.165, 1.54) is 5.69 Å². The second-order valence-corrected chi connectivity index (χ2v) is 6.99. The lowest BCUT2D eigenvalue weighted by Gasteiger charge is -2.33. The summed E-state index contributed by atoms with van der Waals surface area (Å²) >= 11 is 1.70. The van der Waals surface area contributed by atoms with E-state index < -0.39 is 0 Å². The van der Waals surface area contributed by atoms with Crippen molar-refractivity contribution in [3.05, 3.63) is 58.4 Å². The first-order chi connectivity index (χ1) is 11.8. The highest BCUT2D eigenvalue weighted by atomic mass is 32.1. The van der Waals surface area contributed by atoms with Gasteiger partial charge in [-0.15, -0.1) is 11.3 Å². The fourth-order valence-corrected chi connectivity index (χ4v) is 3.64. The van der Waals surface area contributed by atoms with E-state index in [0.717, 1.165) is 30.3 Å². The molecule has 6 nitrogen and oxygen atoms in total. The summed E-state index contributed by atoms with van der Waals surface area (Å²) in [5, 5.41) is 7.72. The zero-order valence-electron chi connectivity index (χ0n) is 13.5. The number of aryl methyl sites for hydroxylation is 1. The highest BCUT2D eigenvalue weighted by Crippen LogP contribution is 2.23. The first kappa shape index (κ1) is 15.3. The van der Waals surface area contributed by atoms with E-state index >= 15 is 0 Å². The van der Waals surface area contributed by atoms with Crippen LogP contribution in [0.3, 0.4) is 0 Å². The molecule has 0 saturated heterocycles. The zero-order chi connectivity index (χ0) is 16.4. The van der Waals surface area contributed by atoms with E-state index in [4.69, 9.17) is 4.74 Å². The van der Waals surface area contributed by atoms with Crippen LogP contribution in [0.15, 0.2) is 42.0 Å². The summed E-state index contributed by atoms with van der Waals surface area (Å²) in [7, 11) is 0. The van der Waals surface area contributed by atoms with Crippen LogP contribution in [-0.2, 0) is 13.1 Å². The molecule has 0 amide bonds. The molecular weight excluding hydrogens is 322 g/mol. The number of thiazole rings is 1. The van der Waals surface area contributed by atoms with Crippen molar-refractivity contribution in [2.45, 2.75) is 26.1 Å². The Bertz CT molecular complexity index is 800. The molecule has 1 unspecified atom stereocenters. The molecule has 3 aromatic heterocycles. The van der Waals surface area contributed by atoms with E-state index in [2.05, 4.69) is 36.1 Å². The number of hydrogen-bond donors (Lipinski definition) is 0. The van der Waals surface area contributed by atoms with Crippen molar-refractivity contribution in [3.63, 3.8) is 0 Å². The van der Waals surface area contributed by atoms with Crippen molar-refractivity contribution in [1.82, 2.24) is 24.6 Å². The minimum absolute atomic E-state index is 0.172. The minimum atomic E-state index is 0.172. The molecule has 0 saturated carbocycles. The van der Waals surface area contributed by atoms with Crippen molar-refractivity contribution in [1.29, 1.82) is 0 Å². The van der Waals surface area contributed by atoms with Crippen LogP contribution >= 0.6 is 11.3 Å². The lowest BCUT2D eigenvalue weighted by Crippen LogP contribution is -2.39. The number of fused-ring (bicyclic) bond motifs is 1. The Morgan fingerprint density at radius 3 is 3.04 bits per heavy atom. The maximum absolute atomic E-state index is 5.86. The topological polar surface area (TPSA) is 56.1 Å². The molecule has 0 fully saturated rings. The van der Waals surface area contributed by atoms with Gasteiger partial charge in [0.25, 0.3) is 0 Å². The SMILES string of the molecule is Cc1nc(CN2Cc3ccnn3C(COc3ccccn3)C2)cs1. The van der Waals surface area contributed by atoms with Gasteiger partial charge in [0.15, 0.2) is 0 Å². The van der Waals surface area contributed by atoms with E-state index in [9.17, 15) is 0 Å². The van der Waals surface area contributed by atoms with Crippen LogP contribution < -0.4 is 4.74 Å². The van der Waals surface area contributed by atoms with Crippen LogP contribution in [0.5, 0.6) is 5.88 Å². The maximum Gasteiger partial charge on any atom is 0.213 e. The number of pyridine rings is 1. The van der Waals surface area contributed by atoms with Gasteiger partial charge in [0.2, 0.25) is 5.88 Å². The van der Waals surface area contributed by atoms with Gasteiger partial charge in [0, 0.05) is 43.5 Å². The second kappa shape index (κ2) is 6.70. The van der Waals surface area contributed by atoms with E-state index in [-0.39, 0.29) is 6.04 Å². The number of hydrogen-bond acceptors (Lipinski definition) is 6. The molecular formula is C17H19N5OS. The van der Waals surface area contributed by atoms with Gasteiger partial charge in [-0.1, -0.05) is 6.07 Å².